The van der Waals surface area contributed by atoms with E-state index in [1.807, 2.05) is 12.1 Å². The SMILES string of the molecule is CCC(CC)CNC(CN)c1ccc(F)c(C)c1. The Morgan fingerprint density at radius 3 is 2.44 bits per heavy atom. The number of nitrogens with one attached hydrogen (secondary N) is 1. The molecule has 0 radical (unpaired) electrons. The molecule has 1 aromatic rings. The second kappa shape index (κ2) is 7.49. The van der Waals surface area contributed by atoms with Gasteiger partial charge in [0.05, 0.1) is 0 Å². The van der Waals surface area contributed by atoms with Crippen LogP contribution in [0.1, 0.15) is 43.9 Å². The molecule has 0 aliphatic rings. The van der Waals surface area contributed by atoms with Crippen LogP contribution in [0, 0.1) is 18.7 Å². The molecule has 102 valence electrons. The zero-order valence-electron chi connectivity index (χ0n) is 11.7. The van der Waals surface area contributed by atoms with Crippen LogP contribution in [0.5, 0.6) is 0 Å². The molecule has 0 spiro atoms. The molecule has 0 aromatic heterocycles. The second-order valence-corrected chi connectivity index (χ2v) is 4.89. The zero-order chi connectivity index (χ0) is 13.5. The van der Waals surface area contributed by atoms with Gasteiger partial charge in [0.15, 0.2) is 0 Å². The summed E-state index contributed by atoms with van der Waals surface area (Å²) in [5, 5.41) is 3.49. The predicted molar refractivity (Wildman–Crippen MR) is 75.0 cm³/mol. The highest BCUT2D eigenvalue weighted by molar-refractivity contribution is 5.26. The highest BCUT2D eigenvalue weighted by Gasteiger charge is 2.12. The minimum absolute atomic E-state index is 0.116. The lowest BCUT2D eigenvalue weighted by Crippen LogP contribution is -2.32. The van der Waals surface area contributed by atoms with Crippen LogP contribution in [0.3, 0.4) is 0 Å². The van der Waals surface area contributed by atoms with Crippen LogP contribution in [-0.2, 0) is 0 Å². The summed E-state index contributed by atoms with van der Waals surface area (Å²) in [6.07, 6.45) is 2.34. The van der Waals surface area contributed by atoms with Crippen molar-refractivity contribution in [1.29, 1.82) is 0 Å². The number of benzene rings is 1. The summed E-state index contributed by atoms with van der Waals surface area (Å²) < 4.78 is 13.2. The van der Waals surface area contributed by atoms with Gasteiger partial charge in [-0.05, 0) is 36.6 Å². The van der Waals surface area contributed by atoms with Crippen LogP contribution in [-0.4, -0.2) is 13.1 Å². The molecule has 1 aromatic carbocycles. The Balaban J connectivity index is 2.67. The molecule has 0 aliphatic carbocycles. The summed E-state index contributed by atoms with van der Waals surface area (Å²) in [6, 6.07) is 5.34. The van der Waals surface area contributed by atoms with E-state index in [0.29, 0.717) is 18.0 Å². The number of aryl methyl sites for hydroxylation is 1. The van der Waals surface area contributed by atoms with Crippen molar-refractivity contribution in [2.45, 2.75) is 39.7 Å². The Morgan fingerprint density at radius 2 is 1.94 bits per heavy atom. The fraction of sp³-hybridized carbons (Fsp3) is 0.600. The smallest absolute Gasteiger partial charge is 0.126 e. The summed E-state index contributed by atoms with van der Waals surface area (Å²) in [4.78, 5) is 0. The van der Waals surface area contributed by atoms with Gasteiger partial charge in [-0.2, -0.15) is 0 Å². The average molecular weight is 252 g/mol. The molecule has 18 heavy (non-hydrogen) atoms. The van der Waals surface area contributed by atoms with Crippen molar-refractivity contribution in [1.82, 2.24) is 5.32 Å². The maximum atomic E-state index is 13.2. The first-order valence-corrected chi connectivity index (χ1v) is 6.81. The zero-order valence-corrected chi connectivity index (χ0v) is 11.7. The van der Waals surface area contributed by atoms with Crippen LogP contribution in [0.2, 0.25) is 0 Å². The topological polar surface area (TPSA) is 38.0 Å². The van der Waals surface area contributed by atoms with E-state index in [1.165, 1.54) is 18.9 Å². The highest BCUT2D eigenvalue weighted by atomic mass is 19.1. The summed E-state index contributed by atoms with van der Waals surface area (Å²) in [5.74, 6) is 0.523. The van der Waals surface area contributed by atoms with Crippen LogP contribution in [0.25, 0.3) is 0 Å². The van der Waals surface area contributed by atoms with E-state index >= 15 is 0 Å². The minimum atomic E-state index is -0.158. The number of rotatable bonds is 7. The van der Waals surface area contributed by atoms with E-state index in [0.717, 1.165) is 12.1 Å². The van der Waals surface area contributed by atoms with Crippen LogP contribution in [0.4, 0.5) is 4.39 Å². The van der Waals surface area contributed by atoms with Crippen LogP contribution < -0.4 is 11.1 Å². The van der Waals surface area contributed by atoms with E-state index < -0.39 is 0 Å². The van der Waals surface area contributed by atoms with Gasteiger partial charge >= 0.3 is 0 Å². The molecule has 1 unspecified atom stereocenters. The largest absolute Gasteiger partial charge is 0.329 e. The van der Waals surface area contributed by atoms with Gasteiger partial charge in [0.25, 0.3) is 0 Å². The van der Waals surface area contributed by atoms with Gasteiger partial charge in [-0.3, -0.25) is 0 Å². The lowest BCUT2D eigenvalue weighted by atomic mass is 10.0. The van der Waals surface area contributed by atoms with E-state index in [2.05, 4.69) is 19.2 Å². The third kappa shape index (κ3) is 4.07. The minimum Gasteiger partial charge on any atom is -0.329 e. The van der Waals surface area contributed by atoms with Gasteiger partial charge in [0.1, 0.15) is 5.82 Å². The molecular weight excluding hydrogens is 227 g/mol. The molecule has 0 bridgehead atoms. The predicted octanol–water partition coefficient (Wildman–Crippen LogP) is 3.16. The molecule has 0 amide bonds. The Kier molecular flexibility index (Phi) is 6.30. The lowest BCUT2D eigenvalue weighted by molar-refractivity contribution is 0.414. The van der Waals surface area contributed by atoms with E-state index in [9.17, 15) is 4.39 Å². The molecule has 0 aliphatic heterocycles. The molecule has 3 heteroatoms. The van der Waals surface area contributed by atoms with Gasteiger partial charge in [-0.1, -0.05) is 38.8 Å². The number of halogens is 1. The lowest BCUT2D eigenvalue weighted by Gasteiger charge is -2.21. The normalized spacial score (nSPS) is 13.0. The summed E-state index contributed by atoms with van der Waals surface area (Å²) in [6.45, 7) is 7.69. The first kappa shape index (κ1) is 15.1. The van der Waals surface area contributed by atoms with Crippen molar-refractivity contribution in [3.8, 4) is 0 Å². The second-order valence-electron chi connectivity index (χ2n) is 4.89. The van der Waals surface area contributed by atoms with Gasteiger partial charge < -0.3 is 11.1 Å². The van der Waals surface area contributed by atoms with Gasteiger partial charge in [-0.15, -0.1) is 0 Å². The maximum Gasteiger partial charge on any atom is 0.126 e. The van der Waals surface area contributed by atoms with Crippen molar-refractivity contribution in [2.24, 2.45) is 11.7 Å². The fourth-order valence-corrected chi connectivity index (χ4v) is 2.11. The molecule has 3 N–H and O–H groups in total. The standard InChI is InChI=1S/C15H25FN2/c1-4-12(5-2)10-18-15(9-17)13-6-7-14(16)11(3)8-13/h6-8,12,15,18H,4-5,9-10,17H2,1-3H3. The summed E-state index contributed by atoms with van der Waals surface area (Å²) in [7, 11) is 0. The van der Waals surface area contributed by atoms with Crippen molar-refractivity contribution >= 4 is 0 Å². The molecule has 1 atom stereocenters. The molecular formula is C15H25FN2. The fourth-order valence-electron chi connectivity index (χ4n) is 2.11. The van der Waals surface area contributed by atoms with Crippen molar-refractivity contribution < 1.29 is 4.39 Å². The van der Waals surface area contributed by atoms with Crippen LogP contribution in [0.15, 0.2) is 18.2 Å². The van der Waals surface area contributed by atoms with E-state index in [-0.39, 0.29) is 11.9 Å². The third-order valence-corrected chi connectivity index (χ3v) is 3.63. The van der Waals surface area contributed by atoms with Crippen LogP contribution >= 0.6 is 0 Å². The maximum absolute atomic E-state index is 13.2. The van der Waals surface area contributed by atoms with E-state index in [1.54, 1.807) is 6.92 Å². The highest BCUT2D eigenvalue weighted by Crippen LogP contribution is 2.17. The average Bonchev–Trinajstić information content (AvgIpc) is 2.38. The Hall–Kier alpha value is -0.930. The molecule has 0 fully saturated rings. The monoisotopic (exact) mass is 252 g/mol. The quantitative estimate of drug-likeness (QED) is 0.782. The summed E-state index contributed by atoms with van der Waals surface area (Å²) >= 11 is 0. The summed E-state index contributed by atoms with van der Waals surface area (Å²) in [5.41, 5.74) is 7.55. The Labute approximate surface area is 110 Å². The van der Waals surface area contributed by atoms with Crippen molar-refractivity contribution in [3.63, 3.8) is 0 Å². The molecule has 1 rings (SSSR count). The number of nitrogens with two attached hydrogens (primary N) is 1. The first-order valence-electron chi connectivity index (χ1n) is 6.81. The first-order chi connectivity index (χ1) is 8.62. The molecule has 0 saturated heterocycles. The Morgan fingerprint density at radius 1 is 1.28 bits per heavy atom. The number of hydrogen-bond donors (Lipinski definition) is 2. The van der Waals surface area contributed by atoms with Gasteiger partial charge in [-0.25, -0.2) is 4.39 Å². The molecule has 0 heterocycles. The molecule has 2 nitrogen and oxygen atoms in total. The van der Waals surface area contributed by atoms with Gasteiger partial charge in [0, 0.05) is 12.6 Å². The van der Waals surface area contributed by atoms with E-state index in [4.69, 9.17) is 5.73 Å². The Bertz CT molecular complexity index is 362. The number of hydrogen-bond acceptors (Lipinski definition) is 2. The van der Waals surface area contributed by atoms with Gasteiger partial charge in [0.2, 0.25) is 0 Å². The van der Waals surface area contributed by atoms with Crippen molar-refractivity contribution in [2.75, 3.05) is 13.1 Å². The third-order valence-electron chi connectivity index (χ3n) is 3.63. The molecule has 0 saturated carbocycles. The van der Waals surface area contributed by atoms with Crippen molar-refractivity contribution in [3.05, 3.63) is 35.1 Å².